The van der Waals surface area contributed by atoms with E-state index in [1.165, 1.54) is 29.7 Å². The fourth-order valence-corrected chi connectivity index (χ4v) is 6.96. The third-order valence-corrected chi connectivity index (χ3v) is 10.1. The van der Waals surface area contributed by atoms with E-state index in [9.17, 15) is 28.8 Å². The molecule has 16 heteroatoms. The number of nitrogens with zero attached hydrogens (tertiary/aromatic N) is 4. The average molecular weight is 768 g/mol. The molecule has 1 unspecified atom stereocenters. The molecule has 2 aliphatic carbocycles. The van der Waals surface area contributed by atoms with E-state index in [0.717, 1.165) is 32.1 Å². The lowest BCUT2D eigenvalue weighted by atomic mass is 9.82. The van der Waals surface area contributed by atoms with E-state index < -0.39 is 71.0 Å². The summed E-state index contributed by atoms with van der Waals surface area (Å²) >= 11 is 6.01. The van der Waals surface area contributed by atoms with Crippen LogP contribution in [0.5, 0.6) is 5.88 Å². The van der Waals surface area contributed by atoms with Crippen molar-refractivity contribution in [2.75, 3.05) is 6.54 Å². The summed E-state index contributed by atoms with van der Waals surface area (Å²) in [6.45, 7) is 6.94. The van der Waals surface area contributed by atoms with E-state index in [1.807, 2.05) is 0 Å². The van der Waals surface area contributed by atoms with E-state index in [2.05, 4.69) is 36.2 Å². The standard InChI is InChI=1S/C38H51ClN8O7/c1-5-9-26(31(48)36(52)43-24-13-14-24)44-34(50)28-18-25(54-29-15-12-23(39)19-42-29)21-47(28)37(53)32(38(2,3)4)46-35(51)30(22-10-7-6-8-11-22)45-33(49)27-20-40-16-17-41-27/h12,15-17,19-20,22,24-26,28,30,32H,5-11,13-14,18,21H2,1-4H3,(H,43,52)(H,44,50)(H,45,49)(H,46,51)/t25-,26+,28?,30+,32-/m1/s1/i26D. The second kappa shape index (κ2) is 18.1. The Bertz CT molecular complexity index is 1720. The molecule has 4 N–H and O–H groups in total. The van der Waals surface area contributed by atoms with Crippen LogP contribution < -0.4 is 26.0 Å². The Kier molecular flexibility index (Phi) is 13.1. The Morgan fingerprint density at radius 1 is 0.981 bits per heavy atom. The van der Waals surface area contributed by atoms with Crippen LogP contribution in [-0.4, -0.2) is 98.0 Å². The average Bonchev–Trinajstić information content (AvgIpc) is 3.88. The molecule has 292 valence electrons. The highest BCUT2D eigenvalue weighted by molar-refractivity contribution is 6.38. The first kappa shape index (κ1) is 39.0. The molecule has 2 aromatic heterocycles. The quantitative estimate of drug-likeness (QED) is 0.195. The van der Waals surface area contributed by atoms with Gasteiger partial charge in [-0.2, -0.15) is 0 Å². The summed E-state index contributed by atoms with van der Waals surface area (Å²) in [7, 11) is 0. The van der Waals surface area contributed by atoms with Crippen molar-refractivity contribution in [3.8, 4) is 5.88 Å². The van der Waals surface area contributed by atoms with Gasteiger partial charge in [0.2, 0.25) is 29.4 Å². The summed E-state index contributed by atoms with van der Waals surface area (Å²) in [6, 6.07) is -2.72. The van der Waals surface area contributed by atoms with Crippen molar-refractivity contribution >= 4 is 46.9 Å². The number of halogens is 1. The number of Topliss-reactive ketones (excluding diaryl/α,β-unsaturated/α-hetero) is 1. The van der Waals surface area contributed by atoms with Gasteiger partial charge in [-0.15, -0.1) is 0 Å². The lowest BCUT2D eigenvalue weighted by molar-refractivity contribution is -0.145. The lowest BCUT2D eigenvalue weighted by Gasteiger charge is -2.37. The van der Waals surface area contributed by atoms with Crippen molar-refractivity contribution in [2.45, 2.75) is 128 Å². The minimum Gasteiger partial charge on any atom is -0.472 e. The molecule has 15 nitrogen and oxygen atoms in total. The van der Waals surface area contributed by atoms with Crippen molar-refractivity contribution in [1.29, 1.82) is 0 Å². The molecule has 2 saturated carbocycles. The molecule has 3 aliphatic rings. The Hall–Kier alpha value is -4.66. The Morgan fingerprint density at radius 2 is 1.72 bits per heavy atom. The van der Waals surface area contributed by atoms with Crippen LogP contribution in [0.4, 0.5) is 0 Å². The summed E-state index contributed by atoms with van der Waals surface area (Å²) in [5.41, 5.74) is -0.849. The monoisotopic (exact) mass is 767 g/mol. The third-order valence-electron chi connectivity index (χ3n) is 9.89. The van der Waals surface area contributed by atoms with Crippen LogP contribution in [0.1, 0.15) is 104 Å². The van der Waals surface area contributed by atoms with Crippen LogP contribution in [0, 0.1) is 11.3 Å². The smallest absolute Gasteiger partial charge is 0.289 e. The lowest BCUT2D eigenvalue weighted by Crippen LogP contribution is -2.62. The number of hydrogen-bond donors (Lipinski definition) is 4. The normalized spacial score (nSPS) is 21.4. The minimum atomic E-state index is -2.29. The number of rotatable bonds is 15. The number of likely N-dealkylation sites (tertiary alicyclic amines) is 1. The van der Waals surface area contributed by atoms with Crippen LogP contribution in [0.15, 0.2) is 36.9 Å². The number of ether oxygens (including phenoxy) is 1. The summed E-state index contributed by atoms with van der Waals surface area (Å²) in [4.78, 5) is 96.0. The van der Waals surface area contributed by atoms with Crippen LogP contribution in [0.25, 0.3) is 0 Å². The predicted molar refractivity (Wildman–Crippen MR) is 198 cm³/mol. The van der Waals surface area contributed by atoms with Gasteiger partial charge in [0.05, 0.1) is 25.2 Å². The molecule has 0 spiro atoms. The zero-order valence-corrected chi connectivity index (χ0v) is 32.0. The maximum absolute atomic E-state index is 14.7. The van der Waals surface area contributed by atoms with Gasteiger partial charge < -0.3 is 30.9 Å². The van der Waals surface area contributed by atoms with Crippen LogP contribution in [0.2, 0.25) is 5.02 Å². The van der Waals surface area contributed by atoms with Gasteiger partial charge in [0.1, 0.15) is 29.9 Å². The molecule has 3 heterocycles. The van der Waals surface area contributed by atoms with Gasteiger partial charge in [-0.05, 0) is 49.5 Å². The molecule has 1 aliphatic heterocycles. The van der Waals surface area contributed by atoms with Crippen LogP contribution >= 0.6 is 11.6 Å². The zero-order valence-electron chi connectivity index (χ0n) is 32.2. The van der Waals surface area contributed by atoms with Crippen molar-refractivity contribution < 1.29 is 34.9 Å². The van der Waals surface area contributed by atoms with Gasteiger partial charge in [0, 0.05) is 37.1 Å². The molecule has 1 saturated heterocycles. The van der Waals surface area contributed by atoms with Crippen molar-refractivity contribution in [3.05, 3.63) is 47.6 Å². The summed E-state index contributed by atoms with van der Waals surface area (Å²) in [5.74, 6) is -4.61. The number of ketones is 1. The maximum Gasteiger partial charge on any atom is 0.289 e. The van der Waals surface area contributed by atoms with E-state index in [1.54, 1.807) is 39.8 Å². The molecule has 54 heavy (non-hydrogen) atoms. The summed E-state index contributed by atoms with van der Waals surface area (Å²) in [5, 5.41) is 11.2. The number of carbonyl (C=O) groups excluding carboxylic acids is 6. The van der Waals surface area contributed by atoms with E-state index in [-0.39, 0.29) is 42.9 Å². The molecule has 5 atom stereocenters. The van der Waals surface area contributed by atoms with Crippen molar-refractivity contribution in [3.63, 3.8) is 0 Å². The van der Waals surface area contributed by atoms with Crippen molar-refractivity contribution in [2.24, 2.45) is 11.3 Å². The van der Waals surface area contributed by atoms with Gasteiger partial charge >= 0.3 is 0 Å². The molecule has 0 aromatic carbocycles. The SMILES string of the molecule is [2H][C@@](CCC)(NC(=O)C1C[C@@H](Oc2ccc(Cl)cn2)CN1C(=O)[C@@H](NC(=O)[C@@H](NC(=O)c1cnccn1)C1CCCCC1)C(C)(C)C)C(=O)C(=O)NC1CC1. The van der Waals surface area contributed by atoms with E-state index >= 15 is 0 Å². The van der Waals surface area contributed by atoms with Gasteiger partial charge in [0.25, 0.3) is 11.8 Å². The minimum absolute atomic E-state index is 0.0451. The molecule has 5 amide bonds. The Balaban J connectivity index is 1.41. The summed E-state index contributed by atoms with van der Waals surface area (Å²) in [6.07, 6.45) is 10.5. The molecular weight excluding hydrogens is 716 g/mol. The maximum atomic E-state index is 14.7. The van der Waals surface area contributed by atoms with Gasteiger partial charge in [-0.25, -0.2) is 9.97 Å². The topological polar surface area (TPSA) is 202 Å². The van der Waals surface area contributed by atoms with E-state index in [4.69, 9.17) is 17.7 Å². The van der Waals surface area contributed by atoms with Gasteiger partial charge in [0.15, 0.2) is 0 Å². The third kappa shape index (κ3) is 10.7. The predicted octanol–water partition coefficient (Wildman–Crippen LogP) is 2.92. The number of nitrogens with one attached hydrogen (secondary N) is 4. The fraction of sp³-hybridized carbons (Fsp3) is 0.605. The highest BCUT2D eigenvalue weighted by Gasteiger charge is 2.47. The van der Waals surface area contributed by atoms with Crippen LogP contribution in [0.3, 0.4) is 0 Å². The molecular formula is C38H51ClN8O7. The van der Waals surface area contributed by atoms with E-state index in [0.29, 0.717) is 24.3 Å². The zero-order chi connectivity index (χ0) is 39.9. The number of amides is 5. The van der Waals surface area contributed by atoms with Gasteiger partial charge in [-0.1, -0.05) is 65.0 Å². The second-order valence-electron chi connectivity index (χ2n) is 15.3. The molecule has 2 aromatic rings. The second-order valence-corrected chi connectivity index (χ2v) is 15.8. The van der Waals surface area contributed by atoms with Crippen LogP contribution in [-0.2, 0) is 24.0 Å². The number of pyridine rings is 1. The molecule has 0 bridgehead atoms. The first-order chi connectivity index (χ1) is 26.1. The molecule has 3 fully saturated rings. The highest BCUT2D eigenvalue weighted by Crippen LogP contribution is 2.30. The largest absolute Gasteiger partial charge is 0.472 e. The first-order valence-corrected chi connectivity index (χ1v) is 19.1. The highest BCUT2D eigenvalue weighted by atomic mass is 35.5. The summed E-state index contributed by atoms with van der Waals surface area (Å²) < 4.78 is 15.1. The van der Waals surface area contributed by atoms with Crippen molar-refractivity contribution in [1.82, 2.24) is 41.1 Å². The number of carbonyl (C=O) groups is 6. The number of aromatic nitrogens is 3. The first-order valence-electron chi connectivity index (χ1n) is 19.2. The molecule has 0 radical (unpaired) electrons. The Morgan fingerprint density at radius 3 is 2.33 bits per heavy atom. The fourth-order valence-electron chi connectivity index (χ4n) is 6.85. The Labute approximate surface area is 321 Å². The molecule has 5 rings (SSSR count). The number of hydrogen-bond acceptors (Lipinski definition) is 10. The van der Waals surface area contributed by atoms with Gasteiger partial charge in [-0.3, -0.25) is 33.8 Å².